The summed E-state index contributed by atoms with van der Waals surface area (Å²) in [5.74, 6) is 3.91. The van der Waals surface area contributed by atoms with Crippen molar-refractivity contribution in [2.24, 2.45) is 40.4 Å². The summed E-state index contributed by atoms with van der Waals surface area (Å²) in [6.45, 7) is 5.60. The van der Waals surface area contributed by atoms with Crippen molar-refractivity contribution in [2.75, 3.05) is 0 Å². The minimum atomic E-state index is -0.193. The highest BCUT2D eigenvalue weighted by molar-refractivity contribution is 5.67. The molecule has 8 atom stereocenters. The quantitative estimate of drug-likeness (QED) is 0.556. The first kappa shape index (κ1) is 20.3. The molecule has 0 aromatic heterocycles. The van der Waals surface area contributed by atoms with E-state index in [1.54, 1.807) is 0 Å². The number of ether oxygens (including phenoxy) is 2. The zero-order valence-corrected chi connectivity index (χ0v) is 18.7. The molecule has 4 heteroatoms. The summed E-state index contributed by atoms with van der Waals surface area (Å²) in [7, 11) is 0. The van der Waals surface area contributed by atoms with Crippen LogP contribution in [0.3, 0.4) is 0 Å². The van der Waals surface area contributed by atoms with E-state index in [1.807, 2.05) is 6.08 Å². The molecule has 0 heterocycles. The van der Waals surface area contributed by atoms with Gasteiger partial charge in [-0.25, -0.2) is 0 Å². The number of esters is 2. The van der Waals surface area contributed by atoms with E-state index in [1.165, 1.54) is 52.4 Å². The first-order valence-corrected chi connectivity index (χ1v) is 12.1. The molecule has 30 heavy (non-hydrogen) atoms. The van der Waals surface area contributed by atoms with E-state index in [9.17, 15) is 9.59 Å². The molecule has 0 aliphatic heterocycles. The van der Waals surface area contributed by atoms with Crippen molar-refractivity contribution in [1.82, 2.24) is 0 Å². The molecule has 0 radical (unpaired) electrons. The monoisotopic (exact) mass is 412 g/mol. The summed E-state index contributed by atoms with van der Waals surface area (Å²) in [6, 6.07) is 0. The standard InChI is InChI=1S/C26H36O4/c1-16(27)29-19-10-13-25(3)18(15-19)6-7-20-21(25)11-14-26-12-4-5-24(30-17(2)28)23(26)9-8-22(20)26/h4-5,12,18-23H,6-11,13-15H2,1-3H3/t18-,19+,20?,21?,22?,23?,25-,26-/m0/s1. The summed E-state index contributed by atoms with van der Waals surface area (Å²) in [6.07, 6.45) is 17.5. The van der Waals surface area contributed by atoms with Crippen LogP contribution >= 0.6 is 0 Å². The normalized spacial score (nSPS) is 46.6. The number of fused-ring (bicyclic) bond motifs is 4. The lowest BCUT2D eigenvalue weighted by molar-refractivity contribution is -0.159. The Morgan fingerprint density at radius 2 is 1.80 bits per heavy atom. The fourth-order valence-electron chi connectivity index (χ4n) is 8.73. The molecule has 4 nitrogen and oxygen atoms in total. The number of allylic oxidation sites excluding steroid dienone is 4. The zero-order chi connectivity index (χ0) is 21.1. The smallest absolute Gasteiger partial charge is 0.307 e. The van der Waals surface area contributed by atoms with E-state index in [0.717, 1.165) is 36.9 Å². The van der Waals surface area contributed by atoms with Crippen LogP contribution in [0, 0.1) is 40.4 Å². The molecule has 5 aliphatic carbocycles. The Morgan fingerprint density at radius 1 is 0.967 bits per heavy atom. The molecule has 4 saturated carbocycles. The van der Waals surface area contributed by atoms with Crippen molar-refractivity contribution in [2.45, 2.75) is 84.7 Å². The van der Waals surface area contributed by atoms with Crippen molar-refractivity contribution in [3.63, 3.8) is 0 Å². The first-order chi connectivity index (χ1) is 14.3. The van der Waals surface area contributed by atoms with Crippen molar-refractivity contribution in [3.8, 4) is 0 Å². The van der Waals surface area contributed by atoms with Gasteiger partial charge >= 0.3 is 11.9 Å². The van der Waals surface area contributed by atoms with E-state index in [4.69, 9.17) is 9.47 Å². The molecule has 0 N–H and O–H groups in total. The summed E-state index contributed by atoms with van der Waals surface area (Å²) >= 11 is 0. The van der Waals surface area contributed by atoms with Crippen LogP contribution in [-0.4, -0.2) is 18.0 Å². The van der Waals surface area contributed by atoms with Crippen molar-refractivity contribution in [1.29, 1.82) is 0 Å². The summed E-state index contributed by atoms with van der Waals surface area (Å²) < 4.78 is 11.3. The molecule has 0 aromatic rings. The Morgan fingerprint density at radius 3 is 2.57 bits per heavy atom. The van der Waals surface area contributed by atoms with Crippen LogP contribution in [0.15, 0.2) is 24.0 Å². The maximum Gasteiger partial charge on any atom is 0.307 e. The van der Waals surface area contributed by atoms with Crippen LogP contribution in [0.2, 0.25) is 0 Å². The number of rotatable bonds is 2. The molecule has 0 bridgehead atoms. The second-order valence-electron chi connectivity index (χ2n) is 11.0. The lowest BCUT2D eigenvalue weighted by atomic mass is 9.44. The second kappa shape index (κ2) is 7.24. The molecule has 0 aromatic carbocycles. The van der Waals surface area contributed by atoms with E-state index < -0.39 is 0 Å². The van der Waals surface area contributed by atoms with Crippen molar-refractivity contribution >= 4 is 11.9 Å². The number of hydrogen-bond donors (Lipinski definition) is 0. The molecule has 1 spiro atoms. The third-order valence-electron chi connectivity index (χ3n) is 9.81. The van der Waals surface area contributed by atoms with Crippen LogP contribution in [0.4, 0.5) is 0 Å². The fourth-order valence-corrected chi connectivity index (χ4v) is 8.73. The van der Waals surface area contributed by atoms with Gasteiger partial charge in [0.05, 0.1) is 0 Å². The molecule has 4 unspecified atom stereocenters. The van der Waals surface area contributed by atoms with Gasteiger partial charge in [0, 0.05) is 25.2 Å². The molecule has 164 valence electrons. The molecular weight excluding hydrogens is 376 g/mol. The van der Waals surface area contributed by atoms with Gasteiger partial charge in [-0.2, -0.15) is 0 Å². The Balaban J connectivity index is 1.37. The van der Waals surface area contributed by atoms with E-state index >= 15 is 0 Å². The van der Waals surface area contributed by atoms with Gasteiger partial charge in [0.1, 0.15) is 11.9 Å². The van der Waals surface area contributed by atoms with Crippen LogP contribution < -0.4 is 0 Å². The van der Waals surface area contributed by atoms with Crippen LogP contribution in [0.25, 0.3) is 0 Å². The molecule has 5 rings (SSSR count). The largest absolute Gasteiger partial charge is 0.463 e. The number of hydrogen-bond acceptors (Lipinski definition) is 4. The lowest BCUT2D eigenvalue weighted by Crippen LogP contribution is -2.54. The maximum absolute atomic E-state index is 11.7. The average molecular weight is 413 g/mol. The van der Waals surface area contributed by atoms with Crippen LogP contribution in [0.1, 0.15) is 78.6 Å². The van der Waals surface area contributed by atoms with Gasteiger partial charge in [-0.05, 0) is 93.0 Å². The lowest BCUT2D eigenvalue weighted by Gasteiger charge is -2.61. The summed E-state index contributed by atoms with van der Waals surface area (Å²) in [5, 5.41) is 0. The zero-order valence-electron chi connectivity index (χ0n) is 18.7. The average Bonchev–Trinajstić information content (AvgIpc) is 3.08. The summed E-state index contributed by atoms with van der Waals surface area (Å²) in [5.41, 5.74) is 0.574. The third-order valence-corrected chi connectivity index (χ3v) is 9.81. The predicted octanol–water partition coefficient (Wildman–Crippen LogP) is 5.57. The number of carbonyl (C=O) groups is 2. The van der Waals surface area contributed by atoms with Gasteiger partial charge in [0.25, 0.3) is 0 Å². The molecule has 4 fully saturated rings. The van der Waals surface area contributed by atoms with Crippen LogP contribution in [-0.2, 0) is 19.1 Å². The van der Waals surface area contributed by atoms with Crippen LogP contribution in [0.5, 0.6) is 0 Å². The molecule has 0 amide bonds. The first-order valence-electron chi connectivity index (χ1n) is 12.1. The van der Waals surface area contributed by atoms with Gasteiger partial charge in [-0.1, -0.05) is 19.1 Å². The summed E-state index contributed by atoms with van der Waals surface area (Å²) in [4.78, 5) is 23.1. The Bertz CT molecular complexity index is 797. The van der Waals surface area contributed by atoms with Crippen molar-refractivity contribution < 1.29 is 19.1 Å². The van der Waals surface area contributed by atoms with E-state index in [0.29, 0.717) is 23.2 Å². The Labute approximate surface area is 180 Å². The molecule has 5 aliphatic rings. The van der Waals surface area contributed by atoms with Gasteiger partial charge in [-0.3, -0.25) is 9.59 Å². The van der Waals surface area contributed by atoms with Gasteiger partial charge in [0.2, 0.25) is 0 Å². The highest BCUT2D eigenvalue weighted by Gasteiger charge is 2.62. The minimum absolute atomic E-state index is 0.126. The topological polar surface area (TPSA) is 52.6 Å². The predicted molar refractivity (Wildman–Crippen MR) is 114 cm³/mol. The molecular formula is C26H36O4. The minimum Gasteiger partial charge on any atom is -0.463 e. The Kier molecular flexibility index (Phi) is 4.91. The van der Waals surface area contributed by atoms with Crippen molar-refractivity contribution in [3.05, 3.63) is 24.0 Å². The SMILES string of the molecule is CC(=O)OC1=CC=C[C@]23CCC4C(CC[C@H]5C[C@H](OC(C)=O)CC[C@]45C)C2CCC13. The van der Waals surface area contributed by atoms with Gasteiger partial charge in [0.15, 0.2) is 0 Å². The molecule has 0 saturated heterocycles. The highest BCUT2D eigenvalue weighted by Crippen LogP contribution is 2.69. The highest BCUT2D eigenvalue weighted by atomic mass is 16.5. The third kappa shape index (κ3) is 3.00. The fraction of sp³-hybridized carbons (Fsp3) is 0.769. The van der Waals surface area contributed by atoms with E-state index in [2.05, 4.69) is 19.1 Å². The number of carbonyl (C=O) groups excluding carboxylic acids is 2. The maximum atomic E-state index is 11.7. The van der Waals surface area contributed by atoms with Gasteiger partial charge in [-0.15, -0.1) is 0 Å². The Hall–Kier alpha value is -1.58. The second-order valence-corrected chi connectivity index (χ2v) is 11.0. The van der Waals surface area contributed by atoms with Gasteiger partial charge < -0.3 is 9.47 Å². The van der Waals surface area contributed by atoms with E-state index in [-0.39, 0.29) is 23.5 Å².